The van der Waals surface area contributed by atoms with Gasteiger partial charge in [-0.2, -0.15) is 5.26 Å². The Labute approximate surface area is 107 Å². The average molecular weight is 237 g/mol. The number of rotatable bonds is 4. The first-order chi connectivity index (χ1) is 8.78. The van der Waals surface area contributed by atoms with Crippen LogP contribution < -0.4 is 0 Å². The molecule has 0 aliphatic heterocycles. The predicted octanol–water partition coefficient (Wildman–Crippen LogP) is 2.59. The van der Waals surface area contributed by atoms with Gasteiger partial charge in [-0.25, -0.2) is 0 Å². The minimum atomic E-state index is 0.702. The van der Waals surface area contributed by atoms with Gasteiger partial charge in [-0.3, -0.25) is 9.88 Å². The number of pyridine rings is 1. The van der Waals surface area contributed by atoms with E-state index in [1.807, 2.05) is 36.5 Å². The van der Waals surface area contributed by atoms with Crippen molar-refractivity contribution >= 4 is 0 Å². The molecule has 0 aliphatic carbocycles. The highest BCUT2D eigenvalue weighted by Crippen LogP contribution is 2.08. The molecule has 0 unspecified atom stereocenters. The molecule has 0 saturated heterocycles. The zero-order chi connectivity index (χ0) is 12.8. The smallest absolute Gasteiger partial charge is 0.0991 e. The summed E-state index contributed by atoms with van der Waals surface area (Å²) in [5.41, 5.74) is 3.11. The molecule has 1 aromatic heterocycles. The van der Waals surface area contributed by atoms with Gasteiger partial charge in [0.25, 0.3) is 0 Å². The van der Waals surface area contributed by atoms with Crippen molar-refractivity contribution in [3.63, 3.8) is 0 Å². The first kappa shape index (κ1) is 12.3. The quantitative estimate of drug-likeness (QED) is 0.820. The van der Waals surface area contributed by atoms with Crippen LogP contribution in [0.3, 0.4) is 0 Å². The van der Waals surface area contributed by atoms with E-state index >= 15 is 0 Å². The van der Waals surface area contributed by atoms with E-state index in [1.54, 1.807) is 6.20 Å². The molecule has 0 saturated carbocycles. The Hall–Kier alpha value is -2.18. The predicted molar refractivity (Wildman–Crippen MR) is 70.6 cm³/mol. The summed E-state index contributed by atoms with van der Waals surface area (Å²) < 4.78 is 0. The van der Waals surface area contributed by atoms with Crippen LogP contribution in [-0.2, 0) is 13.1 Å². The van der Waals surface area contributed by atoms with Crippen LogP contribution in [-0.4, -0.2) is 16.9 Å². The molecule has 0 amide bonds. The fourth-order valence-corrected chi connectivity index (χ4v) is 1.86. The minimum absolute atomic E-state index is 0.702. The molecule has 0 fully saturated rings. The van der Waals surface area contributed by atoms with Crippen LogP contribution in [0.5, 0.6) is 0 Å². The lowest BCUT2D eigenvalue weighted by atomic mass is 10.1. The van der Waals surface area contributed by atoms with Crippen molar-refractivity contribution in [2.45, 2.75) is 13.1 Å². The standard InChI is InChI=1S/C15H15N3/c1-18(12-15-3-2-8-17-10-15)11-14-6-4-13(9-16)5-7-14/h2-8,10H,11-12H2,1H3. The van der Waals surface area contributed by atoms with Crippen LogP contribution in [0.4, 0.5) is 0 Å². The van der Waals surface area contributed by atoms with Crippen LogP contribution in [0.25, 0.3) is 0 Å². The Kier molecular flexibility index (Phi) is 4.06. The van der Waals surface area contributed by atoms with Crippen LogP contribution in [0, 0.1) is 11.3 Å². The Morgan fingerprint density at radius 3 is 2.44 bits per heavy atom. The van der Waals surface area contributed by atoms with Gasteiger partial charge in [0.05, 0.1) is 11.6 Å². The van der Waals surface area contributed by atoms with E-state index < -0.39 is 0 Å². The van der Waals surface area contributed by atoms with Crippen molar-refractivity contribution in [2.75, 3.05) is 7.05 Å². The number of aromatic nitrogens is 1. The summed E-state index contributed by atoms with van der Waals surface area (Å²) in [5.74, 6) is 0. The molecule has 0 aliphatic rings. The van der Waals surface area contributed by atoms with Crippen molar-refractivity contribution in [2.24, 2.45) is 0 Å². The maximum atomic E-state index is 8.74. The second-order valence-corrected chi connectivity index (χ2v) is 4.34. The molecule has 1 heterocycles. The number of nitrogens with zero attached hydrogens (tertiary/aromatic N) is 3. The Morgan fingerprint density at radius 2 is 1.83 bits per heavy atom. The van der Waals surface area contributed by atoms with Crippen molar-refractivity contribution in [1.82, 2.24) is 9.88 Å². The zero-order valence-electron chi connectivity index (χ0n) is 10.4. The van der Waals surface area contributed by atoms with E-state index in [0.717, 1.165) is 13.1 Å². The molecule has 18 heavy (non-hydrogen) atoms. The van der Waals surface area contributed by atoms with Crippen LogP contribution >= 0.6 is 0 Å². The fourth-order valence-electron chi connectivity index (χ4n) is 1.86. The Balaban J connectivity index is 1.95. The van der Waals surface area contributed by atoms with E-state index in [4.69, 9.17) is 5.26 Å². The Bertz CT molecular complexity index is 526. The summed E-state index contributed by atoms with van der Waals surface area (Å²) in [7, 11) is 2.07. The van der Waals surface area contributed by atoms with Gasteiger partial charge in [0.1, 0.15) is 0 Å². The summed E-state index contributed by atoms with van der Waals surface area (Å²) in [6.07, 6.45) is 3.67. The van der Waals surface area contributed by atoms with E-state index in [9.17, 15) is 0 Å². The largest absolute Gasteiger partial charge is 0.298 e. The third-order valence-electron chi connectivity index (χ3n) is 2.71. The van der Waals surface area contributed by atoms with Crippen LogP contribution in [0.15, 0.2) is 48.8 Å². The highest BCUT2D eigenvalue weighted by Gasteiger charge is 2.02. The summed E-state index contributed by atoms with van der Waals surface area (Å²) in [6, 6.07) is 13.9. The van der Waals surface area contributed by atoms with Gasteiger partial charge in [0.2, 0.25) is 0 Å². The van der Waals surface area contributed by atoms with Crippen molar-refractivity contribution < 1.29 is 0 Å². The number of nitriles is 1. The second-order valence-electron chi connectivity index (χ2n) is 4.34. The van der Waals surface area contributed by atoms with E-state index in [1.165, 1.54) is 11.1 Å². The third-order valence-corrected chi connectivity index (χ3v) is 2.71. The number of hydrogen-bond acceptors (Lipinski definition) is 3. The second kappa shape index (κ2) is 5.95. The summed E-state index contributed by atoms with van der Waals surface area (Å²) in [4.78, 5) is 6.33. The van der Waals surface area contributed by atoms with Crippen molar-refractivity contribution in [1.29, 1.82) is 5.26 Å². The lowest BCUT2D eigenvalue weighted by Gasteiger charge is -2.16. The molecule has 3 heteroatoms. The van der Waals surface area contributed by atoms with E-state index in [-0.39, 0.29) is 0 Å². The first-order valence-corrected chi connectivity index (χ1v) is 5.84. The fraction of sp³-hybridized carbons (Fsp3) is 0.200. The summed E-state index contributed by atoms with van der Waals surface area (Å²) in [5, 5.41) is 8.74. The average Bonchev–Trinajstić information content (AvgIpc) is 2.40. The molecule has 0 radical (unpaired) electrons. The maximum Gasteiger partial charge on any atom is 0.0991 e. The normalized spacial score (nSPS) is 10.3. The molecular formula is C15H15N3. The first-order valence-electron chi connectivity index (χ1n) is 5.84. The molecule has 2 rings (SSSR count). The summed E-state index contributed by atoms with van der Waals surface area (Å²) >= 11 is 0. The maximum absolute atomic E-state index is 8.74. The lowest BCUT2D eigenvalue weighted by Crippen LogP contribution is -2.17. The molecular weight excluding hydrogens is 222 g/mol. The van der Waals surface area contributed by atoms with Gasteiger partial charge >= 0.3 is 0 Å². The topological polar surface area (TPSA) is 39.9 Å². The van der Waals surface area contributed by atoms with E-state index in [2.05, 4.69) is 29.1 Å². The highest BCUT2D eigenvalue weighted by molar-refractivity contribution is 5.31. The zero-order valence-corrected chi connectivity index (χ0v) is 10.4. The van der Waals surface area contributed by atoms with Crippen LogP contribution in [0.1, 0.15) is 16.7 Å². The molecule has 0 spiro atoms. The highest BCUT2D eigenvalue weighted by atomic mass is 15.1. The van der Waals surface area contributed by atoms with Gasteiger partial charge < -0.3 is 0 Å². The molecule has 90 valence electrons. The third kappa shape index (κ3) is 3.41. The van der Waals surface area contributed by atoms with Crippen LogP contribution in [0.2, 0.25) is 0 Å². The molecule has 3 nitrogen and oxygen atoms in total. The number of hydrogen-bond donors (Lipinski definition) is 0. The van der Waals surface area contributed by atoms with Gasteiger partial charge in [-0.05, 0) is 36.4 Å². The molecule has 0 bridgehead atoms. The molecule has 0 atom stereocenters. The number of benzene rings is 1. The van der Waals surface area contributed by atoms with Gasteiger partial charge in [0.15, 0.2) is 0 Å². The molecule has 1 aromatic carbocycles. The van der Waals surface area contributed by atoms with Gasteiger partial charge in [0, 0.05) is 25.5 Å². The lowest BCUT2D eigenvalue weighted by molar-refractivity contribution is 0.318. The summed E-state index contributed by atoms with van der Waals surface area (Å²) in [6.45, 7) is 1.73. The van der Waals surface area contributed by atoms with Crippen molar-refractivity contribution in [3.05, 3.63) is 65.5 Å². The molecule has 2 aromatic rings. The minimum Gasteiger partial charge on any atom is -0.298 e. The monoisotopic (exact) mass is 237 g/mol. The molecule has 0 N–H and O–H groups in total. The Morgan fingerprint density at radius 1 is 1.11 bits per heavy atom. The van der Waals surface area contributed by atoms with Gasteiger partial charge in [-0.1, -0.05) is 18.2 Å². The van der Waals surface area contributed by atoms with Crippen molar-refractivity contribution in [3.8, 4) is 6.07 Å². The van der Waals surface area contributed by atoms with E-state index in [0.29, 0.717) is 5.56 Å². The SMILES string of the molecule is CN(Cc1ccc(C#N)cc1)Cc1cccnc1. The van der Waals surface area contributed by atoms with Gasteiger partial charge in [-0.15, -0.1) is 0 Å².